The molecule has 1 N–H and O–H groups in total. The molecule has 110 valence electrons. The van der Waals surface area contributed by atoms with Crippen LogP contribution in [0.25, 0.3) is 0 Å². The van der Waals surface area contributed by atoms with E-state index in [1.165, 1.54) is 24.0 Å². The summed E-state index contributed by atoms with van der Waals surface area (Å²) in [7, 11) is 0. The number of rotatable bonds is 4. The highest BCUT2D eigenvalue weighted by molar-refractivity contribution is 5.78. The van der Waals surface area contributed by atoms with Crippen LogP contribution in [0.3, 0.4) is 0 Å². The van der Waals surface area contributed by atoms with Crippen molar-refractivity contribution in [1.29, 1.82) is 0 Å². The molecule has 1 atom stereocenters. The predicted octanol–water partition coefficient (Wildman–Crippen LogP) is 3.18. The third-order valence-corrected chi connectivity index (χ3v) is 4.71. The minimum Gasteiger partial charge on any atom is -0.481 e. The number of aliphatic carboxylic acids is 1. The van der Waals surface area contributed by atoms with E-state index in [4.69, 9.17) is 0 Å². The molecule has 0 aliphatic carbocycles. The van der Waals surface area contributed by atoms with Crippen LogP contribution in [0.1, 0.15) is 46.6 Å². The fourth-order valence-electron chi connectivity index (χ4n) is 3.29. The first-order valence-corrected chi connectivity index (χ1v) is 7.44. The lowest BCUT2D eigenvalue weighted by atomic mass is 9.85. The zero-order chi connectivity index (χ0) is 14.9. The average Bonchev–Trinajstić information content (AvgIpc) is 2.88. The largest absolute Gasteiger partial charge is 0.481 e. The van der Waals surface area contributed by atoms with Gasteiger partial charge in [-0.3, -0.25) is 4.79 Å². The first-order valence-electron chi connectivity index (χ1n) is 7.44. The van der Waals surface area contributed by atoms with Crippen LogP contribution in [0.4, 0.5) is 0 Å². The van der Waals surface area contributed by atoms with Gasteiger partial charge in [0.1, 0.15) is 0 Å². The van der Waals surface area contributed by atoms with Gasteiger partial charge < -0.3 is 10.0 Å². The van der Waals surface area contributed by atoms with Crippen molar-refractivity contribution in [2.45, 2.75) is 46.5 Å². The minimum absolute atomic E-state index is 0.410. The number of carboxylic acids is 1. The number of carbonyl (C=O) groups is 1. The van der Waals surface area contributed by atoms with Gasteiger partial charge in [-0.2, -0.15) is 0 Å². The molecule has 1 aliphatic heterocycles. The van der Waals surface area contributed by atoms with Crippen LogP contribution in [0, 0.1) is 27.7 Å². The van der Waals surface area contributed by atoms with Crippen molar-refractivity contribution in [1.82, 2.24) is 4.90 Å². The normalized spacial score (nSPS) is 17.4. The Balaban J connectivity index is 2.40. The van der Waals surface area contributed by atoms with Crippen LogP contribution in [0.5, 0.6) is 0 Å². The molecule has 1 aromatic carbocycles. The fraction of sp³-hybridized carbons (Fsp3) is 0.588. The maximum atomic E-state index is 11.8. The van der Waals surface area contributed by atoms with E-state index in [2.05, 4.69) is 38.7 Å². The lowest BCUT2D eigenvalue weighted by molar-refractivity contribution is -0.139. The standard InChI is InChI=1S/C17H25NO2/c1-11-9-12(2)14(4)16(13(11)3)15(17(19)20)10-18-7-5-6-8-18/h9,15H,5-8,10H2,1-4H3,(H,19,20). The lowest BCUT2D eigenvalue weighted by Crippen LogP contribution is -2.30. The van der Waals surface area contributed by atoms with E-state index in [0.29, 0.717) is 6.54 Å². The van der Waals surface area contributed by atoms with E-state index in [1.807, 2.05) is 0 Å². The molecule has 2 rings (SSSR count). The van der Waals surface area contributed by atoms with Gasteiger partial charge in [-0.15, -0.1) is 0 Å². The molecule has 1 unspecified atom stereocenters. The van der Waals surface area contributed by atoms with Gasteiger partial charge in [0.2, 0.25) is 0 Å². The summed E-state index contributed by atoms with van der Waals surface area (Å²) in [5.74, 6) is -1.11. The van der Waals surface area contributed by atoms with Crippen molar-refractivity contribution in [3.8, 4) is 0 Å². The van der Waals surface area contributed by atoms with Crippen molar-refractivity contribution in [3.05, 3.63) is 33.9 Å². The second-order valence-electron chi connectivity index (χ2n) is 6.07. The Morgan fingerprint density at radius 1 is 1.15 bits per heavy atom. The summed E-state index contributed by atoms with van der Waals surface area (Å²) in [6.07, 6.45) is 2.38. The van der Waals surface area contributed by atoms with Gasteiger partial charge in [0.15, 0.2) is 0 Å². The molecular weight excluding hydrogens is 250 g/mol. The summed E-state index contributed by atoms with van der Waals surface area (Å²) in [5, 5.41) is 9.69. The molecule has 0 bridgehead atoms. The van der Waals surface area contributed by atoms with E-state index in [0.717, 1.165) is 29.8 Å². The highest BCUT2D eigenvalue weighted by Gasteiger charge is 2.28. The third kappa shape index (κ3) is 2.88. The fourth-order valence-corrected chi connectivity index (χ4v) is 3.29. The maximum absolute atomic E-state index is 11.8. The van der Waals surface area contributed by atoms with Crippen molar-refractivity contribution in [3.63, 3.8) is 0 Å². The van der Waals surface area contributed by atoms with Gasteiger partial charge in [-0.1, -0.05) is 6.07 Å². The van der Waals surface area contributed by atoms with Crippen LogP contribution in [-0.4, -0.2) is 35.6 Å². The summed E-state index contributed by atoms with van der Waals surface area (Å²) in [4.78, 5) is 14.1. The highest BCUT2D eigenvalue weighted by atomic mass is 16.4. The quantitative estimate of drug-likeness (QED) is 0.917. The van der Waals surface area contributed by atoms with Crippen LogP contribution in [-0.2, 0) is 4.79 Å². The van der Waals surface area contributed by atoms with Crippen molar-refractivity contribution < 1.29 is 9.90 Å². The molecule has 1 aliphatic rings. The highest BCUT2D eigenvalue weighted by Crippen LogP contribution is 2.30. The summed E-state index contributed by atoms with van der Waals surface area (Å²) < 4.78 is 0. The zero-order valence-corrected chi connectivity index (χ0v) is 13.0. The van der Waals surface area contributed by atoms with Crippen LogP contribution in [0.15, 0.2) is 6.07 Å². The predicted molar refractivity (Wildman–Crippen MR) is 81.4 cm³/mol. The van der Waals surface area contributed by atoms with E-state index < -0.39 is 11.9 Å². The second-order valence-corrected chi connectivity index (χ2v) is 6.07. The molecule has 1 heterocycles. The Morgan fingerprint density at radius 3 is 2.10 bits per heavy atom. The van der Waals surface area contributed by atoms with Crippen molar-refractivity contribution >= 4 is 5.97 Å². The van der Waals surface area contributed by atoms with E-state index in [1.54, 1.807) is 0 Å². The van der Waals surface area contributed by atoms with E-state index in [-0.39, 0.29) is 0 Å². The van der Waals surface area contributed by atoms with Gasteiger partial charge in [-0.05, 0) is 81.4 Å². The zero-order valence-electron chi connectivity index (χ0n) is 13.0. The average molecular weight is 275 g/mol. The summed E-state index contributed by atoms with van der Waals surface area (Å²) in [5.41, 5.74) is 5.69. The molecule has 0 radical (unpaired) electrons. The number of benzene rings is 1. The Labute approximate surface area is 121 Å². The molecule has 1 saturated heterocycles. The third-order valence-electron chi connectivity index (χ3n) is 4.71. The Morgan fingerprint density at radius 2 is 1.65 bits per heavy atom. The minimum atomic E-state index is -0.701. The number of hydrogen-bond acceptors (Lipinski definition) is 2. The lowest BCUT2D eigenvalue weighted by Gasteiger charge is -2.25. The van der Waals surface area contributed by atoms with Crippen LogP contribution in [0.2, 0.25) is 0 Å². The number of likely N-dealkylation sites (tertiary alicyclic amines) is 1. The Hall–Kier alpha value is -1.35. The van der Waals surface area contributed by atoms with Crippen LogP contribution < -0.4 is 0 Å². The monoisotopic (exact) mass is 275 g/mol. The topological polar surface area (TPSA) is 40.5 Å². The molecule has 1 aromatic rings. The SMILES string of the molecule is Cc1cc(C)c(C)c(C(CN2CCCC2)C(=O)O)c1C. The number of nitrogens with zero attached hydrogens (tertiary/aromatic N) is 1. The van der Waals surface area contributed by atoms with Crippen LogP contribution >= 0.6 is 0 Å². The van der Waals surface area contributed by atoms with Gasteiger partial charge >= 0.3 is 5.97 Å². The summed E-state index contributed by atoms with van der Waals surface area (Å²) in [6, 6.07) is 2.16. The van der Waals surface area contributed by atoms with Gasteiger partial charge in [0.25, 0.3) is 0 Å². The maximum Gasteiger partial charge on any atom is 0.312 e. The van der Waals surface area contributed by atoms with Crippen molar-refractivity contribution in [2.75, 3.05) is 19.6 Å². The number of aryl methyl sites for hydroxylation is 2. The molecule has 3 heteroatoms. The number of hydrogen-bond donors (Lipinski definition) is 1. The molecular formula is C17H25NO2. The van der Waals surface area contributed by atoms with Crippen molar-refractivity contribution in [2.24, 2.45) is 0 Å². The molecule has 1 fully saturated rings. The molecule has 0 amide bonds. The first-order chi connectivity index (χ1) is 9.41. The smallest absolute Gasteiger partial charge is 0.312 e. The first kappa shape index (κ1) is 15.0. The van der Waals surface area contributed by atoms with E-state index >= 15 is 0 Å². The van der Waals surface area contributed by atoms with Gasteiger partial charge in [-0.25, -0.2) is 0 Å². The van der Waals surface area contributed by atoms with Gasteiger partial charge in [0.05, 0.1) is 5.92 Å². The van der Waals surface area contributed by atoms with Gasteiger partial charge in [0, 0.05) is 6.54 Å². The molecule has 20 heavy (non-hydrogen) atoms. The Bertz CT molecular complexity index is 490. The van der Waals surface area contributed by atoms with E-state index in [9.17, 15) is 9.90 Å². The summed E-state index contributed by atoms with van der Waals surface area (Å²) in [6.45, 7) is 11.0. The Kier molecular flexibility index (Phi) is 4.48. The molecule has 0 saturated carbocycles. The molecule has 0 aromatic heterocycles. The molecule has 3 nitrogen and oxygen atoms in total. The molecule has 0 spiro atoms. The summed E-state index contributed by atoms with van der Waals surface area (Å²) >= 11 is 0. The second kappa shape index (κ2) is 5.96. The number of carboxylic acid groups (broad SMARTS) is 1.